The highest BCUT2D eigenvalue weighted by Crippen LogP contribution is 2.44. The van der Waals surface area contributed by atoms with Crippen molar-refractivity contribution in [3.63, 3.8) is 0 Å². The van der Waals surface area contributed by atoms with Crippen molar-refractivity contribution in [3.05, 3.63) is 93.9 Å². The molecule has 1 N–H and O–H groups in total. The molecule has 174 valence electrons. The maximum Gasteiger partial charge on any atom is 0.328 e. The lowest BCUT2D eigenvalue weighted by Crippen LogP contribution is -2.50. The lowest BCUT2D eigenvalue weighted by atomic mass is 10.0. The van der Waals surface area contributed by atoms with Gasteiger partial charge in [0.1, 0.15) is 12.7 Å². The molecule has 2 aliphatic rings. The van der Waals surface area contributed by atoms with Crippen LogP contribution in [0.15, 0.2) is 71.5 Å². The van der Waals surface area contributed by atoms with Crippen molar-refractivity contribution in [1.82, 2.24) is 14.0 Å². The maximum absolute atomic E-state index is 13.5. The molecule has 4 aromatic rings. The zero-order chi connectivity index (χ0) is 24.4. The lowest BCUT2D eigenvalue weighted by molar-refractivity contribution is -0.117. The van der Waals surface area contributed by atoms with Crippen LogP contribution in [0.2, 0.25) is 0 Å². The number of carbonyl (C=O) groups is 3. The first-order valence-electron chi connectivity index (χ1n) is 11.1. The molecule has 6 rings (SSSR count). The molecule has 9 nitrogen and oxygen atoms in total. The first-order valence-corrected chi connectivity index (χ1v) is 11.1. The average Bonchev–Trinajstić information content (AvgIpc) is 3.28. The van der Waals surface area contributed by atoms with Crippen LogP contribution in [0.5, 0.6) is 0 Å². The number of rotatable bonds is 3. The Hall–Kier alpha value is -4.66. The lowest BCUT2D eigenvalue weighted by Gasteiger charge is -2.40. The number of hydrogen-bond donors (Lipinski definition) is 1. The summed E-state index contributed by atoms with van der Waals surface area (Å²) in [6.45, 7) is -0.248. The van der Waals surface area contributed by atoms with Crippen LogP contribution in [0.3, 0.4) is 0 Å². The van der Waals surface area contributed by atoms with Gasteiger partial charge in [-0.1, -0.05) is 30.3 Å². The van der Waals surface area contributed by atoms with Crippen LogP contribution in [-0.2, 0) is 18.9 Å². The van der Waals surface area contributed by atoms with Crippen LogP contribution in [0.25, 0.3) is 11.0 Å². The largest absolute Gasteiger partial charge is 0.328 e. The molecule has 1 aromatic heterocycles. The molecular formula is C26H21N5O4. The van der Waals surface area contributed by atoms with E-state index in [2.05, 4.69) is 5.32 Å². The van der Waals surface area contributed by atoms with E-state index in [1.54, 1.807) is 73.6 Å². The normalized spacial score (nSPS) is 16.3. The molecule has 3 heterocycles. The zero-order valence-corrected chi connectivity index (χ0v) is 19.1. The Bertz CT molecular complexity index is 1630. The van der Waals surface area contributed by atoms with Crippen molar-refractivity contribution < 1.29 is 14.4 Å². The molecule has 0 fully saturated rings. The van der Waals surface area contributed by atoms with Crippen molar-refractivity contribution in [2.45, 2.75) is 6.17 Å². The van der Waals surface area contributed by atoms with Crippen molar-refractivity contribution in [1.29, 1.82) is 0 Å². The fraction of sp³-hybridized carbons (Fsp3) is 0.154. The van der Waals surface area contributed by atoms with E-state index in [4.69, 9.17) is 0 Å². The molecular weight excluding hydrogens is 446 g/mol. The average molecular weight is 467 g/mol. The molecule has 1 unspecified atom stereocenters. The zero-order valence-electron chi connectivity index (χ0n) is 19.1. The number of aryl methyl sites for hydroxylation is 2. The number of imidazole rings is 1. The van der Waals surface area contributed by atoms with Crippen molar-refractivity contribution >= 4 is 40.1 Å². The summed E-state index contributed by atoms with van der Waals surface area (Å²) in [5.41, 5.74) is 3.89. The Morgan fingerprint density at radius 2 is 1.51 bits per heavy atom. The minimum atomic E-state index is -0.704. The molecule has 0 saturated heterocycles. The Morgan fingerprint density at radius 3 is 2.31 bits per heavy atom. The Kier molecular flexibility index (Phi) is 4.44. The van der Waals surface area contributed by atoms with Gasteiger partial charge in [0.05, 0.1) is 22.3 Å². The quantitative estimate of drug-likeness (QED) is 0.501. The fourth-order valence-electron chi connectivity index (χ4n) is 5.07. The van der Waals surface area contributed by atoms with E-state index in [0.29, 0.717) is 33.6 Å². The van der Waals surface area contributed by atoms with E-state index in [-0.39, 0.29) is 24.0 Å². The predicted octanol–water partition coefficient (Wildman–Crippen LogP) is 2.63. The van der Waals surface area contributed by atoms with Gasteiger partial charge in [0.15, 0.2) is 0 Å². The highest BCUT2D eigenvalue weighted by Gasteiger charge is 2.48. The monoisotopic (exact) mass is 467 g/mol. The number of para-hydroxylation sites is 1. The van der Waals surface area contributed by atoms with Crippen LogP contribution in [0.1, 0.15) is 32.4 Å². The molecule has 0 radical (unpaired) electrons. The van der Waals surface area contributed by atoms with Gasteiger partial charge in [0.25, 0.3) is 11.8 Å². The molecule has 0 bridgehead atoms. The number of anilines is 2. The smallest absolute Gasteiger partial charge is 0.324 e. The summed E-state index contributed by atoms with van der Waals surface area (Å²) < 4.78 is 3.04. The van der Waals surface area contributed by atoms with Gasteiger partial charge in [-0.15, -0.1) is 0 Å². The van der Waals surface area contributed by atoms with Gasteiger partial charge in [0, 0.05) is 30.9 Å². The number of aromatic nitrogens is 2. The van der Waals surface area contributed by atoms with E-state index < -0.39 is 12.1 Å². The number of hydrogen-bond acceptors (Lipinski definition) is 4. The number of fused-ring (bicyclic) bond motifs is 6. The van der Waals surface area contributed by atoms with Gasteiger partial charge in [-0.3, -0.25) is 28.4 Å². The van der Waals surface area contributed by atoms with Gasteiger partial charge in [-0.05, 0) is 36.4 Å². The Morgan fingerprint density at radius 1 is 0.829 bits per heavy atom. The SMILES string of the molecule is Cn1c(=O)n(C)c2cc(NC(=O)CN3C(=O)c4ccccc4N4C(=O)c5ccccc5C34)ccc21. The standard InChI is InChI=1S/C26H21N5O4/c1-28-20-12-11-15(13-21(20)29(2)26(28)35)27-22(32)14-30-23-16-7-3-4-8-17(16)25(34)31(23)19-10-6-5-9-18(19)24(30)33/h3-13,23H,14H2,1-2H3,(H,27,32). The highest BCUT2D eigenvalue weighted by atomic mass is 16.2. The molecule has 3 amide bonds. The first-order chi connectivity index (χ1) is 16.9. The third-order valence-corrected chi connectivity index (χ3v) is 6.75. The number of carbonyl (C=O) groups excluding carboxylic acids is 3. The molecule has 3 aromatic carbocycles. The topological polar surface area (TPSA) is 96.7 Å². The number of nitrogens with one attached hydrogen (secondary N) is 1. The summed E-state index contributed by atoms with van der Waals surface area (Å²) in [5.74, 6) is -0.927. The van der Waals surface area contributed by atoms with Crippen molar-refractivity contribution in [2.75, 3.05) is 16.8 Å². The number of amides is 3. The van der Waals surface area contributed by atoms with E-state index in [0.717, 1.165) is 5.52 Å². The summed E-state index contributed by atoms with van der Waals surface area (Å²) in [4.78, 5) is 55.1. The summed E-state index contributed by atoms with van der Waals surface area (Å²) in [7, 11) is 3.36. The maximum atomic E-state index is 13.5. The van der Waals surface area contributed by atoms with E-state index in [1.807, 2.05) is 12.1 Å². The van der Waals surface area contributed by atoms with Crippen LogP contribution in [0, 0.1) is 0 Å². The number of benzene rings is 3. The summed E-state index contributed by atoms with van der Waals surface area (Å²) >= 11 is 0. The fourth-order valence-corrected chi connectivity index (χ4v) is 5.07. The van der Waals surface area contributed by atoms with Gasteiger partial charge in [-0.25, -0.2) is 4.79 Å². The van der Waals surface area contributed by atoms with Gasteiger partial charge in [-0.2, -0.15) is 0 Å². The molecule has 2 aliphatic heterocycles. The molecule has 0 spiro atoms. The van der Waals surface area contributed by atoms with Gasteiger partial charge in [0.2, 0.25) is 5.91 Å². The Labute approximate surface area is 199 Å². The van der Waals surface area contributed by atoms with Crippen molar-refractivity contribution in [2.24, 2.45) is 14.1 Å². The third-order valence-electron chi connectivity index (χ3n) is 6.75. The first kappa shape index (κ1) is 20.9. The number of nitrogens with zero attached hydrogens (tertiary/aromatic N) is 4. The molecule has 0 aliphatic carbocycles. The molecule has 35 heavy (non-hydrogen) atoms. The molecule has 9 heteroatoms. The summed E-state index contributed by atoms with van der Waals surface area (Å²) in [6, 6.07) is 19.3. The highest BCUT2D eigenvalue weighted by molar-refractivity contribution is 6.17. The van der Waals surface area contributed by atoms with Crippen LogP contribution < -0.4 is 15.9 Å². The summed E-state index contributed by atoms with van der Waals surface area (Å²) in [5, 5.41) is 2.84. The second kappa shape index (κ2) is 7.42. The van der Waals surface area contributed by atoms with Gasteiger partial charge >= 0.3 is 5.69 Å². The third kappa shape index (κ3) is 2.94. The summed E-state index contributed by atoms with van der Waals surface area (Å²) in [6.07, 6.45) is -0.704. The van der Waals surface area contributed by atoms with Crippen molar-refractivity contribution in [3.8, 4) is 0 Å². The second-order valence-corrected chi connectivity index (χ2v) is 8.74. The second-order valence-electron chi connectivity index (χ2n) is 8.74. The van der Waals surface area contributed by atoms with Crippen LogP contribution >= 0.6 is 0 Å². The van der Waals surface area contributed by atoms with Crippen LogP contribution in [0.4, 0.5) is 11.4 Å². The van der Waals surface area contributed by atoms with Crippen LogP contribution in [-0.4, -0.2) is 38.3 Å². The molecule has 1 atom stereocenters. The Balaban J connectivity index is 1.35. The minimum Gasteiger partial charge on any atom is -0.324 e. The van der Waals surface area contributed by atoms with E-state index in [1.165, 1.54) is 14.0 Å². The molecule has 0 saturated carbocycles. The predicted molar refractivity (Wildman–Crippen MR) is 130 cm³/mol. The van der Waals surface area contributed by atoms with E-state index in [9.17, 15) is 19.2 Å². The van der Waals surface area contributed by atoms with E-state index >= 15 is 0 Å². The van der Waals surface area contributed by atoms with Gasteiger partial charge < -0.3 is 10.2 Å². The minimum absolute atomic E-state index is 0.161.